The predicted molar refractivity (Wildman–Crippen MR) is 52.4 cm³/mol. The Balaban J connectivity index is 2.08. The van der Waals surface area contributed by atoms with Gasteiger partial charge in [0.05, 0.1) is 0 Å². The van der Waals surface area contributed by atoms with E-state index in [0.29, 0.717) is 12.5 Å². The van der Waals surface area contributed by atoms with Crippen LogP contribution in [-0.4, -0.2) is 37.0 Å². The Morgan fingerprint density at radius 1 is 1.75 bits per heavy atom. The minimum absolute atomic E-state index is 0.193. The summed E-state index contributed by atoms with van der Waals surface area (Å²) in [5.41, 5.74) is 0. The van der Waals surface area contributed by atoms with Crippen molar-refractivity contribution >= 4 is 17.7 Å². The maximum absolute atomic E-state index is 11.2. The van der Waals surface area contributed by atoms with E-state index in [1.807, 2.05) is 6.26 Å². The van der Waals surface area contributed by atoms with Gasteiger partial charge in [0.2, 0.25) is 5.91 Å². The molecule has 1 saturated heterocycles. The number of carbonyl (C=O) groups is 1. The van der Waals surface area contributed by atoms with Crippen molar-refractivity contribution in [2.24, 2.45) is 0 Å². The molecule has 0 aliphatic carbocycles. The molecule has 4 heteroatoms. The molecule has 12 heavy (non-hydrogen) atoms. The number of nitrogens with one attached hydrogen (secondary N) is 2. The smallest absolute Gasteiger partial charge is 0.221 e. The molecule has 1 heterocycles. The normalized spacial score (nSPS) is 22.6. The molecule has 1 aliphatic rings. The maximum Gasteiger partial charge on any atom is 0.221 e. The zero-order valence-corrected chi connectivity index (χ0v) is 8.25. The third-order valence-electron chi connectivity index (χ3n) is 1.96. The Morgan fingerprint density at radius 3 is 3.17 bits per heavy atom. The highest BCUT2D eigenvalue weighted by Crippen LogP contribution is 1.99. The summed E-state index contributed by atoms with van der Waals surface area (Å²) in [6.07, 6.45) is 3.74. The highest BCUT2D eigenvalue weighted by Gasteiger charge is 2.15. The van der Waals surface area contributed by atoms with Gasteiger partial charge < -0.3 is 10.6 Å². The molecule has 1 aliphatic heterocycles. The molecular formula is C8H16N2OS. The van der Waals surface area contributed by atoms with Gasteiger partial charge in [-0.15, -0.1) is 0 Å². The quantitative estimate of drug-likeness (QED) is 0.663. The summed E-state index contributed by atoms with van der Waals surface area (Å²) in [7, 11) is 0. The maximum atomic E-state index is 11.2. The lowest BCUT2D eigenvalue weighted by atomic mass is 10.2. The van der Waals surface area contributed by atoms with Crippen LogP contribution in [0.4, 0.5) is 0 Å². The zero-order valence-electron chi connectivity index (χ0n) is 7.43. The number of hydrogen-bond donors (Lipinski definition) is 2. The van der Waals surface area contributed by atoms with Gasteiger partial charge in [0.1, 0.15) is 0 Å². The summed E-state index contributed by atoms with van der Waals surface area (Å²) in [4.78, 5) is 11.2. The van der Waals surface area contributed by atoms with Crippen molar-refractivity contribution in [3.8, 4) is 0 Å². The van der Waals surface area contributed by atoms with Gasteiger partial charge >= 0.3 is 0 Å². The van der Waals surface area contributed by atoms with Crippen LogP contribution in [0.1, 0.15) is 12.8 Å². The molecule has 2 N–H and O–H groups in total. The second-order valence-electron chi connectivity index (χ2n) is 3.00. The molecule has 1 fully saturated rings. The van der Waals surface area contributed by atoms with Crippen LogP contribution in [-0.2, 0) is 4.79 Å². The molecule has 1 rings (SSSR count). The summed E-state index contributed by atoms with van der Waals surface area (Å²) >= 11 is 1.71. The summed E-state index contributed by atoms with van der Waals surface area (Å²) in [5.74, 6) is 1.12. The van der Waals surface area contributed by atoms with Crippen molar-refractivity contribution in [1.29, 1.82) is 0 Å². The van der Waals surface area contributed by atoms with Gasteiger partial charge in [-0.25, -0.2) is 0 Å². The molecule has 0 spiro atoms. The number of rotatable bonds is 4. The van der Waals surface area contributed by atoms with E-state index in [1.54, 1.807) is 11.8 Å². The van der Waals surface area contributed by atoms with Crippen molar-refractivity contribution in [2.45, 2.75) is 18.9 Å². The lowest BCUT2D eigenvalue weighted by Crippen LogP contribution is -2.36. The first-order valence-corrected chi connectivity index (χ1v) is 5.71. The minimum atomic E-state index is 0.193. The van der Waals surface area contributed by atoms with E-state index in [0.717, 1.165) is 25.3 Å². The first-order valence-electron chi connectivity index (χ1n) is 4.32. The van der Waals surface area contributed by atoms with Crippen LogP contribution in [0, 0.1) is 0 Å². The Hall–Kier alpha value is -0.220. The average molecular weight is 188 g/mol. The van der Waals surface area contributed by atoms with Gasteiger partial charge in [0.25, 0.3) is 0 Å². The fraction of sp³-hybridized carbons (Fsp3) is 0.875. The number of carbonyl (C=O) groups excluding carboxylic acids is 1. The molecule has 0 aromatic carbocycles. The van der Waals surface area contributed by atoms with Gasteiger partial charge in [-0.05, 0) is 19.2 Å². The van der Waals surface area contributed by atoms with Gasteiger partial charge in [0.15, 0.2) is 0 Å². The third kappa shape index (κ3) is 3.45. The Kier molecular flexibility index (Phi) is 4.46. The van der Waals surface area contributed by atoms with E-state index in [1.165, 1.54) is 0 Å². The average Bonchev–Trinajstić information content (AvgIpc) is 2.53. The first kappa shape index (κ1) is 9.86. The van der Waals surface area contributed by atoms with Crippen LogP contribution in [0.3, 0.4) is 0 Å². The fourth-order valence-corrected chi connectivity index (χ4v) is 1.66. The van der Waals surface area contributed by atoms with Crippen LogP contribution >= 0.6 is 11.8 Å². The van der Waals surface area contributed by atoms with Crippen molar-refractivity contribution in [2.75, 3.05) is 25.1 Å². The molecule has 70 valence electrons. The molecule has 1 atom stereocenters. The molecule has 0 bridgehead atoms. The molecule has 0 unspecified atom stereocenters. The standard InChI is InChI=1S/C8H16N2OS/c1-12-5-3-8(11)10-7-2-4-9-6-7/h7,9H,2-6H2,1H3,(H,10,11)/t7-/m0/s1. The van der Waals surface area contributed by atoms with Crippen LogP contribution in [0.2, 0.25) is 0 Å². The topological polar surface area (TPSA) is 41.1 Å². The molecule has 0 saturated carbocycles. The van der Waals surface area contributed by atoms with Gasteiger partial charge in [-0.1, -0.05) is 0 Å². The molecular weight excluding hydrogens is 172 g/mol. The third-order valence-corrected chi connectivity index (χ3v) is 2.57. The summed E-state index contributed by atoms with van der Waals surface area (Å²) in [5, 5.41) is 6.21. The Bertz CT molecular complexity index is 146. The zero-order chi connectivity index (χ0) is 8.81. The van der Waals surface area contributed by atoms with E-state index in [-0.39, 0.29) is 5.91 Å². The predicted octanol–water partition coefficient (Wildman–Crippen LogP) is 0.218. The SMILES string of the molecule is CSCCC(=O)N[C@H]1CCNC1. The van der Waals surface area contributed by atoms with Crippen LogP contribution in [0.5, 0.6) is 0 Å². The largest absolute Gasteiger partial charge is 0.352 e. The molecule has 0 radical (unpaired) electrons. The lowest BCUT2D eigenvalue weighted by molar-refractivity contribution is -0.121. The molecule has 3 nitrogen and oxygen atoms in total. The second kappa shape index (κ2) is 5.43. The number of hydrogen-bond acceptors (Lipinski definition) is 3. The highest BCUT2D eigenvalue weighted by molar-refractivity contribution is 7.98. The summed E-state index contributed by atoms with van der Waals surface area (Å²) in [6, 6.07) is 0.374. The number of thioether (sulfide) groups is 1. The monoisotopic (exact) mass is 188 g/mol. The van der Waals surface area contributed by atoms with E-state index in [2.05, 4.69) is 10.6 Å². The van der Waals surface area contributed by atoms with Crippen molar-refractivity contribution in [3.05, 3.63) is 0 Å². The molecule has 0 aromatic rings. The molecule has 0 aromatic heterocycles. The first-order chi connectivity index (χ1) is 5.83. The van der Waals surface area contributed by atoms with Crippen LogP contribution in [0.25, 0.3) is 0 Å². The van der Waals surface area contributed by atoms with E-state index < -0.39 is 0 Å². The molecule has 1 amide bonds. The van der Waals surface area contributed by atoms with Gasteiger partial charge in [-0.3, -0.25) is 4.79 Å². The van der Waals surface area contributed by atoms with Crippen LogP contribution < -0.4 is 10.6 Å². The number of amides is 1. The fourth-order valence-electron chi connectivity index (χ4n) is 1.27. The van der Waals surface area contributed by atoms with E-state index in [4.69, 9.17) is 0 Å². The van der Waals surface area contributed by atoms with Crippen molar-refractivity contribution in [3.63, 3.8) is 0 Å². The second-order valence-corrected chi connectivity index (χ2v) is 3.99. The lowest BCUT2D eigenvalue weighted by Gasteiger charge is -2.10. The van der Waals surface area contributed by atoms with Crippen LogP contribution in [0.15, 0.2) is 0 Å². The van der Waals surface area contributed by atoms with Gasteiger partial charge in [0, 0.05) is 24.8 Å². The van der Waals surface area contributed by atoms with Crippen molar-refractivity contribution < 1.29 is 4.79 Å². The van der Waals surface area contributed by atoms with E-state index in [9.17, 15) is 4.79 Å². The van der Waals surface area contributed by atoms with Crippen molar-refractivity contribution in [1.82, 2.24) is 10.6 Å². The highest BCUT2D eigenvalue weighted by atomic mass is 32.2. The van der Waals surface area contributed by atoms with Gasteiger partial charge in [-0.2, -0.15) is 11.8 Å². The summed E-state index contributed by atoms with van der Waals surface area (Å²) in [6.45, 7) is 1.97. The van der Waals surface area contributed by atoms with E-state index >= 15 is 0 Å². The Morgan fingerprint density at radius 2 is 2.58 bits per heavy atom. The Labute approximate surface area is 77.7 Å². The summed E-state index contributed by atoms with van der Waals surface area (Å²) < 4.78 is 0. The minimum Gasteiger partial charge on any atom is -0.352 e.